The molecule has 0 saturated carbocycles. The molecule has 3 rings (SSSR count). The zero-order valence-corrected chi connectivity index (χ0v) is 13.7. The summed E-state index contributed by atoms with van der Waals surface area (Å²) in [6.07, 6.45) is 0.414. The van der Waals surface area contributed by atoms with Crippen LogP contribution >= 0.6 is 0 Å². The molecule has 0 bridgehead atoms. The Morgan fingerprint density at radius 2 is 2.08 bits per heavy atom. The van der Waals surface area contributed by atoms with Crippen LogP contribution < -0.4 is 0 Å². The molecule has 0 aliphatic carbocycles. The largest absolute Gasteiger partial charge is 0.465 e. The Labute approximate surface area is 146 Å². The first-order chi connectivity index (χ1) is 12.2. The number of ether oxygens (including phenoxy) is 1. The lowest BCUT2D eigenvalue weighted by Crippen LogP contribution is -2.55. The molecule has 1 N–H and O–H groups in total. The highest BCUT2D eigenvalue weighted by Crippen LogP contribution is 2.36. The molecule has 6 nitrogen and oxygen atoms in total. The van der Waals surface area contributed by atoms with Crippen molar-refractivity contribution in [2.45, 2.75) is 24.5 Å². The van der Waals surface area contributed by atoms with Gasteiger partial charge in [-0.2, -0.15) is 5.26 Å². The van der Waals surface area contributed by atoms with Gasteiger partial charge in [0.15, 0.2) is 0 Å². The van der Waals surface area contributed by atoms with Crippen molar-refractivity contribution < 1.29 is 14.6 Å². The second-order valence-corrected chi connectivity index (χ2v) is 6.06. The third-order valence-corrected chi connectivity index (χ3v) is 4.60. The minimum atomic E-state index is -0.999. The second-order valence-electron chi connectivity index (χ2n) is 6.06. The highest BCUT2D eigenvalue weighted by molar-refractivity contribution is 5.65. The van der Waals surface area contributed by atoms with Gasteiger partial charge in [0.25, 0.3) is 0 Å². The molecule has 1 fully saturated rings. The summed E-state index contributed by atoms with van der Waals surface area (Å²) in [6, 6.07) is 17.4. The van der Waals surface area contributed by atoms with Crippen LogP contribution in [0.1, 0.15) is 17.7 Å². The molecule has 128 valence electrons. The summed E-state index contributed by atoms with van der Waals surface area (Å²) < 4.78 is 6.04. The molecule has 2 atom stereocenters. The van der Waals surface area contributed by atoms with Crippen molar-refractivity contribution in [3.63, 3.8) is 0 Å². The number of aromatic nitrogens is 1. The quantitative estimate of drug-likeness (QED) is 0.927. The lowest BCUT2D eigenvalue weighted by Gasteiger charge is -2.42. The van der Waals surface area contributed by atoms with E-state index in [9.17, 15) is 15.2 Å². The number of benzene rings is 1. The Bertz CT molecular complexity index is 760. The Morgan fingerprint density at radius 1 is 1.32 bits per heavy atom. The number of nitrogens with zero attached hydrogens (tertiary/aromatic N) is 3. The standard InChI is InChI=1S/C19H19N3O3/c20-14-19(16-8-4-5-10-21-16)9-11-22(18(23)24)12-17(19)25-13-15-6-2-1-3-7-15/h1-8,10,17H,9,11-13H2,(H,23,24)/t17-,19-/m0/s1. The van der Waals surface area contributed by atoms with E-state index in [-0.39, 0.29) is 13.1 Å². The number of pyridine rings is 1. The zero-order chi connectivity index (χ0) is 17.7. The van der Waals surface area contributed by atoms with E-state index in [1.165, 1.54) is 4.90 Å². The van der Waals surface area contributed by atoms with Gasteiger partial charge in [0, 0.05) is 12.7 Å². The fourth-order valence-corrected chi connectivity index (χ4v) is 3.16. The molecule has 25 heavy (non-hydrogen) atoms. The number of amides is 1. The predicted molar refractivity (Wildman–Crippen MR) is 90.8 cm³/mol. The van der Waals surface area contributed by atoms with Crippen molar-refractivity contribution in [3.05, 3.63) is 66.0 Å². The van der Waals surface area contributed by atoms with Crippen LogP contribution in [0.3, 0.4) is 0 Å². The van der Waals surface area contributed by atoms with Gasteiger partial charge in [-0.15, -0.1) is 0 Å². The fourth-order valence-electron chi connectivity index (χ4n) is 3.16. The smallest absolute Gasteiger partial charge is 0.407 e. The van der Waals surface area contributed by atoms with E-state index >= 15 is 0 Å². The highest BCUT2D eigenvalue weighted by Gasteiger charge is 2.48. The van der Waals surface area contributed by atoms with Crippen LogP contribution in [0.5, 0.6) is 0 Å². The summed E-state index contributed by atoms with van der Waals surface area (Å²) in [6.45, 7) is 0.742. The lowest BCUT2D eigenvalue weighted by molar-refractivity contribution is -0.0415. The van der Waals surface area contributed by atoms with Crippen molar-refractivity contribution in [1.29, 1.82) is 5.26 Å². The second kappa shape index (κ2) is 7.32. The molecule has 0 unspecified atom stereocenters. The maximum absolute atomic E-state index is 11.4. The normalized spacial score (nSPS) is 23.0. The van der Waals surface area contributed by atoms with E-state index in [0.717, 1.165) is 5.56 Å². The van der Waals surface area contributed by atoms with Crippen LogP contribution in [-0.2, 0) is 16.8 Å². The topological polar surface area (TPSA) is 86.5 Å². The average molecular weight is 337 g/mol. The molecule has 1 aliphatic rings. The summed E-state index contributed by atoms with van der Waals surface area (Å²) in [5.74, 6) is 0. The fraction of sp³-hybridized carbons (Fsp3) is 0.316. The molecular weight excluding hydrogens is 318 g/mol. The molecule has 1 aromatic heterocycles. The molecule has 1 amide bonds. The molecule has 0 spiro atoms. The summed E-state index contributed by atoms with van der Waals surface area (Å²) in [7, 11) is 0. The molecule has 1 aliphatic heterocycles. The van der Waals surface area contributed by atoms with Crippen LogP contribution in [0.4, 0.5) is 4.79 Å². The van der Waals surface area contributed by atoms with Crippen LogP contribution in [-0.4, -0.2) is 40.3 Å². The number of hydrogen-bond acceptors (Lipinski definition) is 4. The first-order valence-corrected chi connectivity index (χ1v) is 8.12. The summed E-state index contributed by atoms with van der Waals surface area (Å²) in [5, 5.41) is 19.3. The van der Waals surface area contributed by atoms with Gasteiger partial charge in [-0.3, -0.25) is 4.98 Å². The number of nitriles is 1. The van der Waals surface area contributed by atoms with Crippen molar-refractivity contribution in [2.24, 2.45) is 0 Å². The minimum absolute atomic E-state index is 0.145. The van der Waals surface area contributed by atoms with Gasteiger partial charge in [-0.1, -0.05) is 36.4 Å². The van der Waals surface area contributed by atoms with E-state index in [1.54, 1.807) is 18.3 Å². The summed E-state index contributed by atoms with van der Waals surface area (Å²) >= 11 is 0. The average Bonchev–Trinajstić information content (AvgIpc) is 2.67. The molecular formula is C19H19N3O3. The van der Waals surface area contributed by atoms with Gasteiger partial charge < -0.3 is 14.7 Å². The van der Waals surface area contributed by atoms with Crippen LogP contribution in [0.25, 0.3) is 0 Å². The van der Waals surface area contributed by atoms with E-state index < -0.39 is 17.6 Å². The molecule has 6 heteroatoms. The lowest BCUT2D eigenvalue weighted by atomic mass is 9.74. The van der Waals surface area contributed by atoms with Crippen molar-refractivity contribution in [3.8, 4) is 6.07 Å². The summed E-state index contributed by atoms with van der Waals surface area (Å²) in [4.78, 5) is 17.0. The number of carbonyl (C=O) groups is 1. The van der Waals surface area contributed by atoms with Crippen molar-refractivity contribution in [2.75, 3.05) is 13.1 Å². The first-order valence-electron chi connectivity index (χ1n) is 8.12. The van der Waals surface area contributed by atoms with Gasteiger partial charge >= 0.3 is 6.09 Å². The predicted octanol–water partition coefficient (Wildman–Crippen LogP) is 2.81. The maximum Gasteiger partial charge on any atom is 0.407 e. The SMILES string of the molecule is N#C[C@]1(c2ccccn2)CCN(C(=O)O)C[C@@H]1OCc1ccccc1. The minimum Gasteiger partial charge on any atom is -0.465 e. The number of rotatable bonds is 4. The Morgan fingerprint density at radius 3 is 2.72 bits per heavy atom. The van der Waals surface area contributed by atoms with Gasteiger partial charge in [0.1, 0.15) is 5.41 Å². The van der Waals surface area contributed by atoms with Crippen molar-refractivity contribution >= 4 is 6.09 Å². The maximum atomic E-state index is 11.4. The van der Waals surface area contributed by atoms with Gasteiger partial charge in [-0.05, 0) is 24.1 Å². The first kappa shape index (κ1) is 16.9. The number of carboxylic acid groups (broad SMARTS) is 1. The van der Waals surface area contributed by atoms with Crippen LogP contribution in [0, 0.1) is 11.3 Å². The Hall–Kier alpha value is -2.91. The van der Waals surface area contributed by atoms with Gasteiger partial charge in [0.05, 0.1) is 31.0 Å². The van der Waals surface area contributed by atoms with E-state index in [4.69, 9.17) is 4.74 Å². The van der Waals surface area contributed by atoms with E-state index in [1.807, 2.05) is 36.4 Å². The monoisotopic (exact) mass is 337 g/mol. The Balaban J connectivity index is 1.89. The molecule has 2 heterocycles. The molecule has 0 radical (unpaired) electrons. The molecule has 2 aromatic rings. The van der Waals surface area contributed by atoms with Gasteiger partial charge in [-0.25, -0.2) is 4.79 Å². The summed E-state index contributed by atoms with van der Waals surface area (Å²) in [5.41, 5.74) is 0.644. The molecule has 1 aromatic carbocycles. The molecule has 1 saturated heterocycles. The van der Waals surface area contributed by atoms with E-state index in [2.05, 4.69) is 11.1 Å². The van der Waals surface area contributed by atoms with Gasteiger partial charge in [0.2, 0.25) is 0 Å². The number of likely N-dealkylation sites (tertiary alicyclic amines) is 1. The zero-order valence-electron chi connectivity index (χ0n) is 13.7. The third kappa shape index (κ3) is 3.47. The number of piperidine rings is 1. The third-order valence-electron chi connectivity index (χ3n) is 4.60. The highest BCUT2D eigenvalue weighted by atomic mass is 16.5. The Kier molecular flexibility index (Phi) is 4.96. The van der Waals surface area contributed by atoms with Crippen LogP contribution in [0.15, 0.2) is 54.7 Å². The van der Waals surface area contributed by atoms with E-state index in [0.29, 0.717) is 18.7 Å². The van der Waals surface area contributed by atoms with Crippen LogP contribution in [0.2, 0.25) is 0 Å². The van der Waals surface area contributed by atoms with Crippen molar-refractivity contribution in [1.82, 2.24) is 9.88 Å². The number of hydrogen-bond donors (Lipinski definition) is 1.